The van der Waals surface area contributed by atoms with E-state index in [1.165, 1.54) is 5.56 Å². The minimum absolute atomic E-state index is 0.532. The number of rotatable bonds is 5. The quantitative estimate of drug-likeness (QED) is 0.830. The molecular weight excluding hydrogens is 282 g/mol. The van der Waals surface area contributed by atoms with Gasteiger partial charge in [0.2, 0.25) is 0 Å². The molecule has 1 aliphatic carbocycles. The van der Waals surface area contributed by atoms with E-state index < -0.39 is 0 Å². The van der Waals surface area contributed by atoms with Crippen LogP contribution in [0, 0.1) is 0 Å². The van der Waals surface area contributed by atoms with Crippen LogP contribution in [0.15, 0.2) is 48.5 Å². The van der Waals surface area contributed by atoms with Crippen LogP contribution in [0.5, 0.6) is 5.75 Å². The Kier molecular flexibility index (Phi) is 4.35. The molecule has 21 heavy (non-hydrogen) atoms. The molecule has 0 bridgehead atoms. The van der Waals surface area contributed by atoms with Crippen LogP contribution < -0.4 is 10.1 Å². The number of ether oxygens (including phenoxy) is 1. The van der Waals surface area contributed by atoms with Crippen LogP contribution in [0.2, 0.25) is 5.02 Å². The van der Waals surface area contributed by atoms with Crippen molar-refractivity contribution in [2.24, 2.45) is 0 Å². The van der Waals surface area contributed by atoms with Crippen molar-refractivity contribution in [3.05, 3.63) is 59.1 Å². The Balaban J connectivity index is 1.54. The van der Waals surface area contributed by atoms with Gasteiger partial charge in [-0.3, -0.25) is 0 Å². The fourth-order valence-corrected chi connectivity index (χ4v) is 3.14. The molecule has 0 atom stereocenters. The molecule has 1 saturated carbocycles. The molecule has 0 unspecified atom stereocenters. The van der Waals surface area contributed by atoms with Gasteiger partial charge in [-0.25, -0.2) is 0 Å². The first-order valence-electron chi connectivity index (χ1n) is 7.50. The Hall–Kier alpha value is -1.67. The lowest BCUT2D eigenvalue weighted by atomic mass is 9.76. The molecule has 0 aliphatic heterocycles. The summed E-state index contributed by atoms with van der Waals surface area (Å²) in [5.41, 5.74) is 2.44. The van der Waals surface area contributed by atoms with E-state index in [4.69, 9.17) is 16.3 Å². The predicted molar refractivity (Wildman–Crippen MR) is 88.4 cm³/mol. The minimum atomic E-state index is 0.532. The zero-order valence-electron chi connectivity index (χ0n) is 12.2. The summed E-state index contributed by atoms with van der Waals surface area (Å²) in [6.07, 6.45) is 2.27. The van der Waals surface area contributed by atoms with Crippen LogP contribution in [-0.2, 0) is 0 Å². The molecule has 3 heteroatoms. The average Bonchev–Trinajstić information content (AvgIpc) is 2.46. The summed E-state index contributed by atoms with van der Waals surface area (Å²) in [5, 5.41) is 4.46. The summed E-state index contributed by atoms with van der Waals surface area (Å²) >= 11 is 6.25. The maximum Gasteiger partial charge on any atom is 0.119 e. The molecule has 0 heterocycles. The van der Waals surface area contributed by atoms with Gasteiger partial charge >= 0.3 is 0 Å². The molecule has 0 radical (unpaired) electrons. The van der Waals surface area contributed by atoms with Crippen LogP contribution in [0.25, 0.3) is 0 Å². The Morgan fingerprint density at radius 1 is 1.10 bits per heavy atom. The molecule has 110 valence electrons. The van der Waals surface area contributed by atoms with E-state index in [1.807, 2.05) is 31.2 Å². The molecular formula is C18H20ClNO. The van der Waals surface area contributed by atoms with Crippen molar-refractivity contribution in [2.45, 2.75) is 31.7 Å². The van der Waals surface area contributed by atoms with Gasteiger partial charge in [0.05, 0.1) is 6.61 Å². The van der Waals surface area contributed by atoms with Gasteiger partial charge in [-0.1, -0.05) is 29.8 Å². The number of hydrogen-bond acceptors (Lipinski definition) is 2. The number of halogens is 1. The average molecular weight is 302 g/mol. The van der Waals surface area contributed by atoms with Gasteiger partial charge in [-0.05, 0) is 61.6 Å². The van der Waals surface area contributed by atoms with Gasteiger partial charge in [-0.2, -0.15) is 0 Å². The SMILES string of the molecule is CCOc1ccc(NC2CC(c3ccccc3Cl)C2)cc1. The molecule has 2 aromatic carbocycles. The molecule has 2 nitrogen and oxygen atoms in total. The lowest BCUT2D eigenvalue weighted by Gasteiger charge is -2.37. The van der Waals surface area contributed by atoms with E-state index in [9.17, 15) is 0 Å². The van der Waals surface area contributed by atoms with Crippen LogP contribution >= 0.6 is 11.6 Å². The second-order valence-corrected chi connectivity index (χ2v) is 5.90. The topological polar surface area (TPSA) is 21.3 Å². The van der Waals surface area contributed by atoms with Crippen LogP contribution in [0.3, 0.4) is 0 Å². The van der Waals surface area contributed by atoms with Crippen LogP contribution in [0.1, 0.15) is 31.2 Å². The zero-order valence-corrected chi connectivity index (χ0v) is 12.9. The summed E-state index contributed by atoms with van der Waals surface area (Å²) in [5.74, 6) is 1.50. The summed E-state index contributed by atoms with van der Waals surface area (Å²) < 4.78 is 5.45. The largest absolute Gasteiger partial charge is 0.494 e. The van der Waals surface area contributed by atoms with Crippen LogP contribution in [0.4, 0.5) is 5.69 Å². The first kappa shape index (κ1) is 14.3. The molecule has 0 aromatic heterocycles. The van der Waals surface area contributed by atoms with Gasteiger partial charge in [0.1, 0.15) is 5.75 Å². The molecule has 0 spiro atoms. The molecule has 3 rings (SSSR count). The Morgan fingerprint density at radius 2 is 1.81 bits per heavy atom. The Bertz CT molecular complexity index is 590. The minimum Gasteiger partial charge on any atom is -0.494 e. The van der Waals surface area contributed by atoms with Crippen molar-refractivity contribution in [3.8, 4) is 5.75 Å². The van der Waals surface area contributed by atoms with Crippen molar-refractivity contribution in [1.82, 2.24) is 0 Å². The molecule has 1 N–H and O–H groups in total. The second-order valence-electron chi connectivity index (χ2n) is 5.49. The van der Waals surface area contributed by atoms with Crippen LogP contribution in [-0.4, -0.2) is 12.6 Å². The second kappa shape index (κ2) is 6.40. The van der Waals surface area contributed by atoms with Crippen molar-refractivity contribution in [3.63, 3.8) is 0 Å². The number of benzene rings is 2. The summed E-state index contributed by atoms with van der Waals surface area (Å²) in [6, 6.07) is 16.9. The summed E-state index contributed by atoms with van der Waals surface area (Å²) in [7, 11) is 0. The summed E-state index contributed by atoms with van der Waals surface area (Å²) in [6.45, 7) is 2.70. The smallest absolute Gasteiger partial charge is 0.119 e. The number of anilines is 1. The van der Waals surface area contributed by atoms with Gasteiger partial charge in [-0.15, -0.1) is 0 Å². The first-order chi connectivity index (χ1) is 10.3. The Morgan fingerprint density at radius 3 is 2.48 bits per heavy atom. The van der Waals surface area contributed by atoms with E-state index in [-0.39, 0.29) is 0 Å². The lowest BCUT2D eigenvalue weighted by molar-refractivity contribution is 0.340. The highest BCUT2D eigenvalue weighted by Crippen LogP contribution is 2.41. The number of nitrogens with one attached hydrogen (secondary N) is 1. The molecule has 0 saturated heterocycles. The third kappa shape index (κ3) is 3.33. The third-order valence-corrected chi connectivity index (χ3v) is 4.36. The molecule has 1 fully saturated rings. The van der Waals surface area contributed by atoms with Crippen molar-refractivity contribution in [2.75, 3.05) is 11.9 Å². The maximum absolute atomic E-state index is 6.25. The normalized spacial score (nSPS) is 20.7. The van der Waals surface area contributed by atoms with Gasteiger partial charge in [0.15, 0.2) is 0 Å². The van der Waals surface area contributed by atoms with Gasteiger partial charge in [0.25, 0.3) is 0 Å². The predicted octanol–water partition coefficient (Wildman–Crippen LogP) is 5.10. The molecule has 0 amide bonds. The van der Waals surface area contributed by atoms with Crippen molar-refractivity contribution >= 4 is 17.3 Å². The monoisotopic (exact) mass is 301 g/mol. The van der Waals surface area contributed by atoms with E-state index in [2.05, 4.69) is 29.6 Å². The van der Waals surface area contributed by atoms with E-state index in [0.717, 1.165) is 29.3 Å². The van der Waals surface area contributed by atoms with Gasteiger partial charge < -0.3 is 10.1 Å². The molecule has 1 aliphatic rings. The highest BCUT2D eigenvalue weighted by molar-refractivity contribution is 6.31. The van der Waals surface area contributed by atoms with E-state index in [1.54, 1.807) is 0 Å². The fourth-order valence-electron chi connectivity index (χ4n) is 2.85. The molecule has 2 aromatic rings. The number of hydrogen-bond donors (Lipinski definition) is 1. The summed E-state index contributed by atoms with van der Waals surface area (Å²) in [4.78, 5) is 0. The Labute approximate surface area is 131 Å². The van der Waals surface area contributed by atoms with Crippen molar-refractivity contribution < 1.29 is 4.74 Å². The highest BCUT2D eigenvalue weighted by Gasteiger charge is 2.31. The standard InChI is InChI=1S/C18H20ClNO/c1-2-21-16-9-7-14(8-10-16)20-15-11-13(12-15)17-5-3-4-6-18(17)19/h3-10,13,15,20H,2,11-12H2,1H3. The van der Waals surface area contributed by atoms with E-state index in [0.29, 0.717) is 18.6 Å². The fraction of sp³-hybridized carbons (Fsp3) is 0.333. The zero-order chi connectivity index (χ0) is 14.7. The van der Waals surface area contributed by atoms with E-state index >= 15 is 0 Å². The highest BCUT2D eigenvalue weighted by atomic mass is 35.5. The first-order valence-corrected chi connectivity index (χ1v) is 7.88. The van der Waals surface area contributed by atoms with Crippen molar-refractivity contribution in [1.29, 1.82) is 0 Å². The van der Waals surface area contributed by atoms with Gasteiger partial charge in [0, 0.05) is 16.8 Å². The lowest BCUT2D eigenvalue weighted by Crippen LogP contribution is -2.34. The third-order valence-electron chi connectivity index (χ3n) is 4.02. The maximum atomic E-state index is 6.25.